The predicted molar refractivity (Wildman–Crippen MR) is 70.3 cm³/mol. The Hall–Kier alpha value is -1.06. The number of nitrogens with two attached hydrogens (primary N) is 1. The van der Waals surface area contributed by atoms with Crippen molar-refractivity contribution >= 4 is 0 Å². The highest BCUT2D eigenvalue weighted by Crippen LogP contribution is 2.26. The van der Waals surface area contributed by atoms with Gasteiger partial charge >= 0.3 is 0 Å². The van der Waals surface area contributed by atoms with Crippen LogP contribution in [0.3, 0.4) is 0 Å². The number of rotatable bonds is 7. The molecule has 3 N–H and O–H groups in total. The Morgan fingerprint density at radius 2 is 1.88 bits per heavy atom. The molecule has 3 heteroatoms. The molecule has 0 aromatic heterocycles. The Morgan fingerprint density at radius 3 is 2.35 bits per heavy atom. The fourth-order valence-corrected chi connectivity index (χ4v) is 1.97. The van der Waals surface area contributed by atoms with Crippen LogP contribution < -0.4 is 10.5 Å². The summed E-state index contributed by atoms with van der Waals surface area (Å²) < 4.78 is 5.41. The van der Waals surface area contributed by atoms with Crippen molar-refractivity contribution in [2.45, 2.75) is 38.7 Å². The number of hydrogen-bond acceptors (Lipinski definition) is 3. The summed E-state index contributed by atoms with van der Waals surface area (Å²) in [6.07, 6.45) is 1.32. The fourth-order valence-electron chi connectivity index (χ4n) is 1.97. The van der Waals surface area contributed by atoms with Gasteiger partial charge in [-0.2, -0.15) is 0 Å². The molecule has 1 aromatic carbocycles. The van der Waals surface area contributed by atoms with Crippen LogP contribution in [0.1, 0.15) is 38.2 Å². The predicted octanol–water partition coefficient (Wildman–Crippen LogP) is 2.29. The molecule has 0 fully saturated rings. The summed E-state index contributed by atoms with van der Waals surface area (Å²) in [4.78, 5) is 0. The number of aliphatic hydroxyl groups excluding tert-OH is 1. The smallest absolute Gasteiger partial charge is 0.119 e. The molecular formula is C14H23NO2. The molecule has 0 saturated carbocycles. The number of aliphatic hydroxyl groups is 1. The van der Waals surface area contributed by atoms with Crippen LogP contribution in [0.2, 0.25) is 0 Å². The molecule has 0 amide bonds. The first-order valence-corrected chi connectivity index (χ1v) is 6.32. The van der Waals surface area contributed by atoms with E-state index < -0.39 is 6.10 Å². The summed E-state index contributed by atoms with van der Waals surface area (Å²) >= 11 is 0. The number of ether oxygens (including phenoxy) is 1. The fraction of sp³-hybridized carbons (Fsp3) is 0.571. The van der Waals surface area contributed by atoms with Gasteiger partial charge < -0.3 is 15.6 Å². The zero-order valence-electron chi connectivity index (χ0n) is 10.7. The highest BCUT2D eigenvalue weighted by molar-refractivity contribution is 5.29. The SMILES string of the molecule is CCOc1ccc(C(CC)CC(O)CN)cc1. The van der Waals surface area contributed by atoms with Crippen molar-refractivity contribution in [1.82, 2.24) is 0 Å². The summed E-state index contributed by atoms with van der Waals surface area (Å²) in [6, 6.07) is 8.11. The molecule has 0 aliphatic rings. The van der Waals surface area contributed by atoms with Gasteiger partial charge in [0.15, 0.2) is 0 Å². The van der Waals surface area contributed by atoms with Gasteiger partial charge in [0.1, 0.15) is 5.75 Å². The van der Waals surface area contributed by atoms with E-state index in [1.807, 2.05) is 19.1 Å². The largest absolute Gasteiger partial charge is 0.494 e. The van der Waals surface area contributed by atoms with Gasteiger partial charge in [0.2, 0.25) is 0 Å². The van der Waals surface area contributed by atoms with Gasteiger partial charge in [0, 0.05) is 6.54 Å². The van der Waals surface area contributed by atoms with Gasteiger partial charge in [-0.15, -0.1) is 0 Å². The molecule has 1 rings (SSSR count). The lowest BCUT2D eigenvalue weighted by atomic mass is 9.91. The van der Waals surface area contributed by atoms with Gasteiger partial charge in [0.25, 0.3) is 0 Å². The van der Waals surface area contributed by atoms with E-state index in [1.54, 1.807) is 0 Å². The maximum absolute atomic E-state index is 9.61. The molecule has 2 atom stereocenters. The lowest BCUT2D eigenvalue weighted by Gasteiger charge is -2.18. The van der Waals surface area contributed by atoms with Crippen molar-refractivity contribution in [2.75, 3.05) is 13.2 Å². The van der Waals surface area contributed by atoms with Crippen molar-refractivity contribution < 1.29 is 9.84 Å². The molecule has 3 nitrogen and oxygen atoms in total. The molecule has 0 radical (unpaired) electrons. The first-order valence-electron chi connectivity index (χ1n) is 6.32. The Labute approximate surface area is 104 Å². The van der Waals surface area contributed by atoms with E-state index in [-0.39, 0.29) is 0 Å². The molecular weight excluding hydrogens is 214 g/mol. The minimum Gasteiger partial charge on any atom is -0.494 e. The van der Waals surface area contributed by atoms with Crippen LogP contribution in [0.5, 0.6) is 5.75 Å². The second-order valence-electron chi connectivity index (χ2n) is 4.23. The normalized spacial score (nSPS) is 14.4. The first-order chi connectivity index (χ1) is 8.21. The quantitative estimate of drug-likeness (QED) is 0.765. The zero-order chi connectivity index (χ0) is 12.7. The summed E-state index contributed by atoms with van der Waals surface area (Å²) in [5, 5.41) is 9.61. The van der Waals surface area contributed by atoms with Crippen LogP contribution in [-0.2, 0) is 0 Å². The van der Waals surface area contributed by atoms with Gasteiger partial charge in [0.05, 0.1) is 12.7 Å². The van der Waals surface area contributed by atoms with Crippen LogP contribution in [0.4, 0.5) is 0 Å². The van der Waals surface area contributed by atoms with Crippen molar-refractivity contribution in [2.24, 2.45) is 5.73 Å². The first kappa shape index (κ1) is 14.0. The van der Waals surface area contributed by atoms with Gasteiger partial charge in [-0.05, 0) is 43.4 Å². The van der Waals surface area contributed by atoms with Crippen LogP contribution >= 0.6 is 0 Å². The summed E-state index contributed by atoms with van der Waals surface area (Å²) in [5.41, 5.74) is 6.69. The van der Waals surface area contributed by atoms with E-state index in [9.17, 15) is 5.11 Å². The highest BCUT2D eigenvalue weighted by Gasteiger charge is 2.13. The van der Waals surface area contributed by atoms with E-state index >= 15 is 0 Å². The Morgan fingerprint density at radius 1 is 1.24 bits per heavy atom. The van der Waals surface area contributed by atoms with Crippen molar-refractivity contribution in [3.05, 3.63) is 29.8 Å². The maximum atomic E-state index is 9.61. The maximum Gasteiger partial charge on any atom is 0.119 e. The molecule has 0 bridgehead atoms. The third-order valence-electron chi connectivity index (χ3n) is 2.98. The number of hydrogen-bond donors (Lipinski definition) is 2. The van der Waals surface area contributed by atoms with Crippen LogP contribution in [0.25, 0.3) is 0 Å². The monoisotopic (exact) mass is 237 g/mol. The average molecular weight is 237 g/mol. The lowest BCUT2D eigenvalue weighted by Crippen LogP contribution is -2.22. The molecule has 17 heavy (non-hydrogen) atoms. The molecule has 0 aliphatic heterocycles. The second kappa shape index (κ2) is 7.30. The molecule has 2 unspecified atom stereocenters. The Bertz CT molecular complexity index is 311. The van der Waals surface area contributed by atoms with Gasteiger partial charge in [-0.1, -0.05) is 19.1 Å². The van der Waals surface area contributed by atoms with E-state index in [0.29, 0.717) is 19.1 Å². The van der Waals surface area contributed by atoms with Crippen molar-refractivity contribution in [3.8, 4) is 5.75 Å². The van der Waals surface area contributed by atoms with E-state index in [2.05, 4.69) is 19.1 Å². The zero-order valence-corrected chi connectivity index (χ0v) is 10.7. The molecule has 0 saturated heterocycles. The molecule has 0 aliphatic carbocycles. The molecule has 0 heterocycles. The van der Waals surface area contributed by atoms with Gasteiger partial charge in [-0.25, -0.2) is 0 Å². The van der Waals surface area contributed by atoms with E-state index in [0.717, 1.165) is 18.6 Å². The van der Waals surface area contributed by atoms with Crippen LogP contribution in [0.15, 0.2) is 24.3 Å². The third kappa shape index (κ3) is 4.36. The van der Waals surface area contributed by atoms with E-state index in [1.165, 1.54) is 5.56 Å². The Balaban J connectivity index is 2.68. The molecule has 0 spiro atoms. The average Bonchev–Trinajstić information content (AvgIpc) is 2.37. The van der Waals surface area contributed by atoms with Crippen LogP contribution in [0, 0.1) is 0 Å². The number of benzene rings is 1. The van der Waals surface area contributed by atoms with Gasteiger partial charge in [-0.3, -0.25) is 0 Å². The molecule has 96 valence electrons. The highest BCUT2D eigenvalue weighted by atomic mass is 16.5. The van der Waals surface area contributed by atoms with E-state index in [4.69, 9.17) is 10.5 Å². The summed E-state index contributed by atoms with van der Waals surface area (Å²) in [6.45, 7) is 5.11. The third-order valence-corrected chi connectivity index (χ3v) is 2.98. The summed E-state index contributed by atoms with van der Waals surface area (Å²) in [5.74, 6) is 1.26. The van der Waals surface area contributed by atoms with Crippen molar-refractivity contribution in [1.29, 1.82) is 0 Å². The topological polar surface area (TPSA) is 55.5 Å². The lowest BCUT2D eigenvalue weighted by molar-refractivity contribution is 0.162. The second-order valence-corrected chi connectivity index (χ2v) is 4.23. The minimum atomic E-state index is -0.411. The Kier molecular flexibility index (Phi) is 6.01. The summed E-state index contributed by atoms with van der Waals surface area (Å²) in [7, 11) is 0. The van der Waals surface area contributed by atoms with Crippen LogP contribution in [-0.4, -0.2) is 24.4 Å². The molecule has 1 aromatic rings. The minimum absolute atomic E-state index is 0.327. The van der Waals surface area contributed by atoms with Crippen molar-refractivity contribution in [3.63, 3.8) is 0 Å². The standard InChI is InChI=1S/C14H23NO2/c1-3-11(9-13(16)10-15)12-5-7-14(8-6-12)17-4-2/h5-8,11,13,16H,3-4,9-10,15H2,1-2H3.